The molecule has 0 saturated carbocycles. The number of nitrogens with zero attached hydrogens (tertiary/aromatic N) is 1. The fourth-order valence-electron chi connectivity index (χ4n) is 1.04. The molecule has 0 fully saturated rings. The van der Waals surface area contributed by atoms with Gasteiger partial charge in [-0.05, 0) is 18.2 Å². The molecule has 0 N–H and O–H groups in total. The summed E-state index contributed by atoms with van der Waals surface area (Å²) in [6, 6.07) is 10.5. The van der Waals surface area contributed by atoms with Crippen LogP contribution in [-0.4, -0.2) is 4.98 Å². The predicted molar refractivity (Wildman–Crippen MR) is 48.9 cm³/mol. The van der Waals surface area contributed by atoms with E-state index in [1.807, 2.05) is 18.2 Å². The summed E-state index contributed by atoms with van der Waals surface area (Å²) in [6.07, 6.45) is 0. The highest BCUT2D eigenvalue weighted by atomic mass is 35.5. The van der Waals surface area contributed by atoms with Crippen LogP contribution in [0.15, 0.2) is 36.4 Å². The van der Waals surface area contributed by atoms with E-state index in [-0.39, 0.29) is 12.4 Å². The van der Waals surface area contributed by atoms with Gasteiger partial charge >= 0.3 is 0 Å². The van der Waals surface area contributed by atoms with Gasteiger partial charge in [-0.1, -0.05) is 18.2 Å². The zero-order valence-electron chi connectivity index (χ0n) is 6.20. The molecule has 1 aromatic carbocycles. The molecule has 0 spiro atoms. The third-order valence-corrected chi connectivity index (χ3v) is 1.56. The first kappa shape index (κ1) is 8.94. The monoisotopic (exact) mass is 183 g/mol. The Bertz CT molecular complexity index is 389. The Kier molecular flexibility index (Phi) is 2.61. The van der Waals surface area contributed by atoms with Crippen molar-refractivity contribution in [3.8, 4) is 0 Å². The Balaban J connectivity index is 0.000000720. The second-order valence-electron chi connectivity index (χ2n) is 2.33. The highest BCUT2D eigenvalue weighted by molar-refractivity contribution is 5.85. The Labute approximate surface area is 75.7 Å². The van der Waals surface area contributed by atoms with Gasteiger partial charge in [-0.25, -0.2) is 4.98 Å². The van der Waals surface area contributed by atoms with Crippen LogP contribution in [0.3, 0.4) is 0 Å². The van der Waals surface area contributed by atoms with Crippen molar-refractivity contribution in [1.29, 1.82) is 0 Å². The maximum atomic E-state index is 12.5. The second kappa shape index (κ2) is 3.50. The van der Waals surface area contributed by atoms with Crippen molar-refractivity contribution in [3.63, 3.8) is 0 Å². The molecule has 0 bridgehead atoms. The van der Waals surface area contributed by atoms with Gasteiger partial charge in [0.05, 0.1) is 5.52 Å². The molecule has 62 valence electrons. The molecule has 0 aliphatic heterocycles. The van der Waals surface area contributed by atoms with Gasteiger partial charge in [-0.3, -0.25) is 0 Å². The summed E-state index contributed by atoms with van der Waals surface area (Å²) in [6.45, 7) is 0. The molecule has 0 atom stereocenters. The van der Waals surface area contributed by atoms with E-state index in [2.05, 4.69) is 4.98 Å². The van der Waals surface area contributed by atoms with Crippen molar-refractivity contribution < 1.29 is 4.39 Å². The summed E-state index contributed by atoms with van der Waals surface area (Å²) in [5.74, 6) is -0.427. The van der Waals surface area contributed by atoms with E-state index in [0.717, 1.165) is 5.39 Å². The number of hydrogen-bond donors (Lipinski definition) is 0. The van der Waals surface area contributed by atoms with Crippen LogP contribution >= 0.6 is 12.4 Å². The minimum Gasteiger partial charge on any atom is -0.220 e. The fraction of sp³-hybridized carbons (Fsp3) is 0. The molecule has 0 aliphatic rings. The van der Waals surface area contributed by atoms with Crippen LogP contribution in [0.1, 0.15) is 0 Å². The van der Waals surface area contributed by atoms with Gasteiger partial charge in [-0.2, -0.15) is 4.39 Å². The van der Waals surface area contributed by atoms with Crippen LogP contribution in [-0.2, 0) is 0 Å². The standard InChI is InChI=1S/C9H6FN.ClH/c10-9-6-5-7-3-1-2-4-8(7)11-9;/h1-6H;1H. The molecule has 0 amide bonds. The first-order chi connectivity index (χ1) is 5.36. The fourth-order valence-corrected chi connectivity index (χ4v) is 1.04. The van der Waals surface area contributed by atoms with Crippen molar-refractivity contribution in [2.24, 2.45) is 0 Å². The van der Waals surface area contributed by atoms with Crippen LogP contribution in [0.25, 0.3) is 10.9 Å². The maximum Gasteiger partial charge on any atom is 0.213 e. The minimum atomic E-state index is -0.427. The SMILES string of the molecule is Cl.Fc1ccc2ccccc2n1. The van der Waals surface area contributed by atoms with Crippen molar-refractivity contribution in [1.82, 2.24) is 4.98 Å². The smallest absolute Gasteiger partial charge is 0.213 e. The summed E-state index contributed by atoms with van der Waals surface area (Å²) in [4.78, 5) is 3.71. The highest BCUT2D eigenvalue weighted by Crippen LogP contribution is 2.10. The lowest BCUT2D eigenvalue weighted by Gasteiger charge is -1.93. The molecule has 0 radical (unpaired) electrons. The van der Waals surface area contributed by atoms with Crippen molar-refractivity contribution in [2.75, 3.05) is 0 Å². The zero-order valence-corrected chi connectivity index (χ0v) is 7.01. The summed E-state index contributed by atoms with van der Waals surface area (Å²) in [5.41, 5.74) is 0.701. The van der Waals surface area contributed by atoms with Crippen LogP contribution in [0.5, 0.6) is 0 Å². The minimum absolute atomic E-state index is 0. The Morgan fingerprint density at radius 3 is 2.58 bits per heavy atom. The van der Waals surface area contributed by atoms with Crippen molar-refractivity contribution >= 4 is 23.3 Å². The molecule has 3 heteroatoms. The first-order valence-electron chi connectivity index (χ1n) is 3.37. The molecule has 1 nitrogen and oxygen atoms in total. The van der Waals surface area contributed by atoms with Gasteiger partial charge in [-0.15, -0.1) is 12.4 Å². The van der Waals surface area contributed by atoms with E-state index < -0.39 is 5.95 Å². The molecular weight excluding hydrogens is 177 g/mol. The van der Waals surface area contributed by atoms with Gasteiger partial charge in [0.15, 0.2) is 0 Å². The number of fused-ring (bicyclic) bond motifs is 1. The normalized spacial score (nSPS) is 9.42. The zero-order chi connectivity index (χ0) is 7.68. The molecule has 0 aliphatic carbocycles. The predicted octanol–water partition coefficient (Wildman–Crippen LogP) is 2.80. The average Bonchev–Trinajstić information content (AvgIpc) is 2.04. The molecule has 1 aromatic heterocycles. The Hall–Kier alpha value is -1.15. The lowest BCUT2D eigenvalue weighted by Crippen LogP contribution is -1.81. The maximum absolute atomic E-state index is 12.5. The Morgan fingerprint density at radius 1 is 1.00 bits per heavy atom. The summed E-state index contributed by atoms with van der Waals surface area (Å²) < 4.78 is 12.5. The number of aromatic nitrogens is 1. The van der Waals surface area contributed by atoms with Gasteiger partial charge in [0.1, 0.15) is 0 Å². The number of benzene rings is 1. The Morgan fingerprint density at radius 2 is 1.75 bits per heavy atom. The molecular formula is C9H7ClFN. The van der Waals surface area contributed by atoms with Gasteiger partial charge < -0.3 is 0 Å². The largest absolute Gasteiger partial charge is 0.220 e. The number of pyridine rings is 1. The summed E-state index contributed by atoms with van der Waals surface area (Å²) in [5, 5.41) is 0.967. The van der Waals surface area contributed by atoms with Crippen LogP contribution in [0, 0.1) is 5.95 Å². The number of rotatable bonds is 0. The van der Waals surface area contributed by atoms with E-state index >= 15 is 0 Å². The molecule has 1 heterocycles. The first-order valence-corrected chi connectivity index (χ1v) is 3.37. The summed E-state index contributed by atoms with van der Waals surface area (Å²) >= 11 is 0. The highest BCUT2D eigenvalue weighted by Gasteiger charge is 1.93. The lowest BCUT2D eigenvalue weighted by atomic mass is 10.2. The van der Waals surface area contributed by atoms with Crippen LogP contribution in [0.4, 0.5) is 4.39 Å². The van der Waals surface area contributed by atoms with Gasteiger partial charge in [0.25, 0.3) is 0 Å². The quantitative estimate of drug-likeness (QED) is 0.573. The van der Waals surface area contributed by atoms with E-state index in [9.17, 15) is 4.39 Å². The third kappa shape index (κ3) is 1.53. The topological polar surface area (TPSA) is 12.9 Å². The number of hydrogen-bond acceptors (Lipinski definition) is 1. The molecule has 0 saturated heterocycles. The van der Waals surface area contributed by atoms with Crippen molar-refractivity contribution in [2.45, 2.75) is 0 Å². The van der Waals surface area contributed by atoms with Crippen LogP contribution < -0.4 is 0 Å². The number of para-hydroxylation sites is 1. The average molecular weight is 184 g/mol. The van der Waals surface area contributed by atoms with Gasteiger partial charge in [0, 0.05) is 5.39 Å². The van der Waals surface area contributed by atoms with E-state index in [1.54, 1.807) is 12.1 Å². The van der Waals surface area contributed by atoms with Crippen molar-refractivity contribution in [3.05, 3.63) is 42.3 Å². The van der Waals surface area contributed by atoms with Crippen LogP contribution in [0.2, 0.25) is 0 Å². The molecule has 2 rings (SSSR count). The lowest BCUT2D eigenvalue weighted by molar-refractivity contribution is 0.589. The third-order valence-electron chi connectivity index (χ3n) is 1.56. The molecule has 2 aromatic rings. The number of halogens is 2. The summed E-state index contributed by atoms with van der Waals surface area (Å²) in [7, 11) is 0. The van der Waals surface area contributed by atoms with E-state index in [4.69, 9.17) is 0 Å². The molecule has 12 heavy (non-hydrogen) atoms. The molecule has 0 unspecified atom stereocenters. The second-order valence-corrected chi connectivity index (χ2v) is 2.33. The van der Waals surface area contributed by atoms with E-state index in [0.29, 0.717) is 5.52 Å². The van der Waals surface area contributed by atoms with Gasteiger partial charge in [0.2, 0.25) is 5.95 Å². The van der Waals surface area contributed by atoms with E-state index in [1.165, 1.54) is 6.07 Å².